The maximum absolute atomic E-state index is 12.7. The molecule has 2 fully saturated rings. The van der Waals surface area contributed by atoms with E-state index >= 15 is 0 Å². The van der Waals surface area contributed by atoms with Crippen molar-refractivity contribution in [2.24, 2.45) is 5.92 Å². The van der Waals surface area contributed by atoms with E-state index in [4.69, 9.17) is 9.31 Å². The lowest BCUT2D eigenvalue weighted by Crippen LogP contribution is -2.41. The van der Waals surface area contributed by atoms with Gasteiger partial charge in [0.25, 0.3) is 5.91 Å². The highest BCUT2D eigenvalue weighted by Crippen LogP contribution is 2.37. The van der Waals surface area contributed by atoms with Crippen LogP contribution < -0.4 is 10.8 Å². The molecule has 1 amide bonds. The average Bonchev–Trinajstić information content (AvgIpc) is 3.38. The van der Waals surface area contributed by atoms with E-state index in [-0.39, 0.29) is 17.1 Å². The molecule has 2 aliphatic rings. The van der Waals surface area contributed by atoms with Gasteiger partial charge in [-0.3, -0.25) is 4.79 Å². The van der Waals surface area contributed by atoms with Crippen LogP contribution in [-0.2, 0) is 9.31 Å². The second-order valence-corrected chi connectivity index (χ2v) is 8.49. The summed E-state index contributed by atoms with van der Waals surface area (Å²) in [6.07, 6.45) is 2.45. The highest BCUT2D eigenvalue weighted by Gasteiger charge is 2.52. The van der Waals surface area contributed by atoms with E-state index in [1.54, 1.807) is 0 Å². The van der Waals surface area contributed by atoms with Gasteiger partial charge in [0.2, 0.25) is 0 Å². The summed E-state index contributed by atoms with van der Waals surface area (Å²) in [4.78, 5) is 12.7. The van der Waals surface area contributed by atoms with E-state index in [1.807, 2.05) is 36.4 Å². The minimum atomic E-state index is -0.437. The predicted octanol–water partition coefficient (Wildman–Crippen LogP) is 3.28. The molecule has 1 saturated carbocycles. The van der Waals surface area contributed by atoms with Crippen molar-refractivity contribution >= 4 is 29.3 Å². The van der Waals surface area contributed by atoms with Crippen LogP contribution in [-0.4, -0.2) is 30.8 Å². The molecular weight excluding hydrogens is 325 g/mol. The average molecular weight is 351 g/mol. The molecule has 0 bridgehead atoms. The minimum Gasteiger partial charge on any atom is -0.399 e. The number of carbonyl (C=O) groups is 1. The second kappa shape index (κ2) is 6.10. The van der Waals surface area contributed by atoms with Gasteiger partial charge in [-0.25, -0.2) is 0 Å². The molecule has 0 radical (unpaired) electrons. The standard InChI is InChI=1S/C21H26BNO3/c1-20(2)21(3,4)26-22(25-20)18-10-6-7-15-16(18)8-5-9-17(15)19(24)23-13-14-11-12-14/h5-10,14H,11-13H2,1-4H3,(H,23,24). The predicted molar refractivity (Wildman–Crippen MR) is 105 cm³/mol. The SMILES string of the molecule is CC1(C)OB(c2cccc3c(C(=O)NCC4CC4)cccc23)OC1(C)C. The van der Waals surface area contributed by atoms with E-state index in [2.05, 4.69) is 33.0 Å². The molecule has 1 heterocycles. The topological polar surface area (TPSA) is 47.6 Å². The summed E-state index contributed by atoms with van der Waals surface area (Å²) in [7, 11) is -0.437. The van der Waals surface area contributed by atoms with Gasteiger partial charge in [-0.05, 0) is 68.8 Å². The van der Waals surface area contributed by atoms with Crippen LogP contribution in [0.2, 0.25) is 0 Å². The van der Waals surface area contributed by atoms with Gasteiger partial charge in [-0.2, -0.15) is 0 Å². The van der Waals surface area contributed by atoms with Crippen molar-refractivity contribution in [2.75, 3.05) is 6.54 Å². The molecule has 2 aromatic rings. The van der Waals surface area contributed by atoms with Crippen LogP contribution in [0.25, 0.3) is 10.8 Å². The summed E-state index contributed by atoms with van der Waals surface area (Å²) in [5, 5.41) is 5.01. The van der Waals surface area contributed by atoms with Crippen LogP contribution >= 0.6 is 0 Å². The molecule has 2 aromatic carbocycles. The number of rotatable bonds is 4. The van der Waals surface area contributed by atoms with E-state index in [1.165, 1.54) is 12.8 Å². The Morgan fingerprint density at radius 3 is 2.31 bits per heavy atom. The third-order valence-corrected chi connectivity index (χ3v) is 5.96. The Kier molecular flexibility index (Phi) is 4.12. The minimum absolute atomic E-state index is 0.00596. The molecular formula is C21H26BNO3. The van der Waals surface area contributed by atoms with Gasteiger partial charge < -0.3 is 14.6 Å². The smallest absolute Gasteiger partial charge is 0.399 e. The van der Waals surface area contributed by atoms with Crippen LogP contribution in [0.3, 0.4) is 0 Å². The molecule has 26 heavy (non-hydrogen) atoms. The van der Waals surface area contributed by atoms with E-state index in [0.29, 0.717) is 11.5 Å². The van der Waals surface area contributed by atoms with Gasteiger partial charge in [0.15, 0.2) is 0 Å². The van der Waals surface area contributed by atoms with Crippen molar-refractivity contribution in [1.29, 1.82) is 0 Å². The monoisotopic (exact) mass is 351 g/mol. The van der Waals surface area contributed by atoms with E-state index in [0.717, 1.165) is 22.8 Å². The van der Waals surface area contributed by atoms with Crippen molar-refractivity contribution in [1.82, 2.24) is 5.32 Å². The Morgan fingerprint density at radius 1 is 1.04 bits per heavy atom. The molecule has 1 aliphatic carbocycles. The van der Waals surface area contributed by atoms with Crippen LogP contribution in [0.4, 0.5) is 0 Å². The Bertz CT molecular complexity index is 841. The molecule has 0 aromatic heterocycles. The quantitative estimate of drug-likeness (QED) is 0.860. The number of hydrogen-bond donors (Lipinski definition) is 1. The largest absolute Gasteiger partial charge is 0.495 e. The maximum Gasteiger partial charge on any atom is 0.495 e. The van der Waals surface area contributed by atoms with Gasteiger partial charge in [-0.15, -0.1) is 0 Å². The Hall–Kier alpha value is -1.85. The molecule has 136 valence electrons. The Labute approximate surface area is 155 Å². The number of benzene rings is 2. The first kappa shape index (κ1) is 17.6. The summed E-state index contributed by atoms with van der Waals surface area (Å²) in [5.41, 5.74) is 0.901. The van der Waals surface area contributed by atoms with Crippen LogP contribution in [0.15, 0.2) is 36.4 Å². The Morgan fingerprint density at radius 2 is 1.65 bits per heavy atom. The highest BCUT2D eigenvalue weighted by molar-refractivity contribution is 6.65. The normalized spacial score (nSPS) is 21.2. The van der Waals surface area contributed by atoms with Crippen LogP contribution in [0.5, 0.6) is 0 Å². The zero-order chi connectivity index (χ0) is 18.5. The lowest BCUT2D eigenvalue weighted by Gasteiger charge is -2.32. The summed E-state index contributed by atoms with van der Waals surface area (Å²) < 4.78 is 12.4. The summed E-state index contributed by atoms with van der Waals surface area (Å²) in [6, 6.07) is 11.8. The lowest BCUT2D eigenvalue weighted by atomic mass is 9.75. The third-order valence-electron chi connectivity index (χ3n) is 5.96. The molecule has 4 rings (SSSR count). The van der Waals surface area contributed by atoms with Gasteiger partial charge in [0.05, 0.1) is 11.2 Å². The number of hydrogen-bond acceptors (Lipinski definition) is 3. The molecule has 1 saturated heterocycles. The number of amides is 1. The van der Waals surface area contributed by atoms with Gasteiger partial charge >= 0.3 is 7.12 Å². The molecule has 5 heteroatoms. The number of nitrogens with one attached hydrogen (secondary N) is 1. The lowest BCUT2D eigenvalue weighted by molar-refractivity contribution is 0.00578. The van der Waals surface area contributed by atoms with Crippen LogP contribution in [0.1, 0.15) is 50.9 Å². The van der Waals surface area contributed by atoms with Gasteiger partial charge in [0.1, 0.15) is 0 Å². The zero-order valence-corrected chi connectivity index (χ0v) is 16.0. The third kappa shape index (κ3) is 3.04. The summed E-state index contributed by atoms with van der Waals surface area (Å²) >= 11 is 0. The van der Waals surface area contributed by atoms with Crippen molar-refractivity contribution in [2.45, 2.75) is 51.7 Å². The summed E-state index contributed by atoms with van der Waals surface area (Å²) in [6.45, 7) is 8.97. The fourth-order valence-electron chi connectivity index (χ4n) is 3.36. The zero-order valence-electron chi connectivity index (χ0n) is 16.0. The fraction of sp³-hybridized carbons (Fsp3) is 0.476. The van der Waals surface area contributed by atoms with Crippen LogP contribution in [0, 0.1) is 5.92 Å². The fourth-order valence-corrected chi connectivity index (χ4v) is 3.36. The molecule has 1 aliphatic heterocycles. The first-order valence-electron chi connectivity index (χ1n) is 9.44. The maximum atomic E-state index is 12.7. The van der Waals surface area contributed by atoms with Crippen molar-refractivity contribution < 1.29 is 14.1 Å². The van der Waals surface area contributed by atoms with E-state index in [9.17, 15) is 4.79 Å². The van der Waals surface area contributed by atoms with Crippen molar-refractivity contribution in [3.63, 3.8) is 0 Å². The first-order valence-corrected chi connectivity index (χ1v) is 9.44. The Balaban J connectivity index is 1.69. The summed E-state index contributed by atoms with van der Waals surface area (Å²) in [5.74, 6) is 0.655. The number of carbonyl (C=O) groups excluding carboxylic acids is 1. The molecule has 0 unspecified atom stereocenters. The molecule has 0 atom stereocenters. The second-order valence-electron chi connectivity index (χ2n) is 8.49. The van der Waals surface area contributed by atoms with Crippen molar-refractivity contribution in [3.05, 3.63) is 42.0 Å². The highest BCUT2D eigenvalue weighted by atomic mass is 16.7. The number of fused-ring (bicyclic) bond motifs is 1. The van der Waals surface area contributed by atoms with Gasteiger partial charge in [-0.1, -0.05) is 30.3 Å². The van der Waals surface area contributed by atoms with E-state index < -0.39 is 7.12 Å². The van der Waals surface area contributed by atoms with Crippen molar-refractivity contribution in [3.8, 4) is 0 Å². The molecule has 1 N–H and O–H groups in total. The molecule has 4 nitrogen and oxygen atoms in total. The first-order chi connectivity index (χ1) is 12.3. The van der Waals surface area contributed by atoms with Gasteiger partial charge in [0, 0.05) is 12.1 Å². The molecule has 0 spiro atoms.